The van der Waals surface area contributed by atoms with E-state index in [9.17, 15) is 17.6 Å². The van der Waals surface area contributed by atoms with Gasteiger partial charge in [-0.2, -0.15) is 9.97 Å². The van der Waals surface area contributed by atoms with Crippen LogP contribution in [0.4, 0.5) is 20.8 Å². The molecule has 1 saturated heterocycles. The number of anilines is 2. The first-order valence-electron chi connectivity index (χ1n) is 12.0. The monoisotopic (exact) mass is 526 g/mol. The van der Waals surface area contributed by atoms with Crippen molar-refractivity contribution in [2.75, 3.05) is 36.2 Å². The van der Waals surface area contributed by atoms with Crippen molar-refractivity contribution >= 4 is 27.5 Å². The Hall–Kier alpha value is -3.64. The van der Waals surface area contributed by atoms with Crippen LogP contribution in [-0.4, -0.2) is 67.5 Å². The Bertz CT molecular complexity index is 1430. The number of sulfone groups is 1. The van der Waals surface area contributed by atoms with Crippen LogP contribution in [0.15, 0.2) is 47.4 Å². The molecule has 0 bridgehead atoms. The van der Waals surface area contributed by atoms with Crippen molar-refractivity contribution in [2.24, 2.45) is 0 Å². The molecular weight excluding hydrogens is 499 g/mol. The molecule has 0 radical (unpaired) electrons. The number of amides is 2. The summed E-state index contributed by atoms with van der Waals surface area (Å²) >= 11 is 0. The van der Waals surface area contributed by atoms with E-state index in [0.717, 1.165) is 31.2 Å². The second-order valence-corrected chi connectivity index (χ2v) is 11.2. The van der Waals surface area contributed by atoms with E-state index in [0.29, 0.717) is 37.0 Å². The van der Waals surface area contributed by atoms with Crippen molar-refractivity contribution in [1.82, 2.24) is 20.3 Å². The Morgan fingerprint density at radius 3 is 2.49 bits per heavy atom. The third kappa shape index (κ3) is 5.86. The molecule has 1 aliphatic heterocycles. The van der Waals surface area contributed by atoms with E-state index in [2.05, 4.69) is 25.6 Å². The van der Waals surface area contributed by atoms with Crippen molar-refractivity contribution in [3.8, 4) is 22.8 Å². The van der Waals surface area contributed by atoms with Gasteiger partial charge in [0.1, 0.15) is 5.82 Å². The molecule has 0 spiro atoms. The Labute approximate surface area is 214 Å². The smallest absolute Gasteiger partial charge is 0.319 e. The molecular formula is C25H27FN6O4S. The molecule has 1 aliphatic carbocycles. The molecule has 2 aromatic carbocycles. The fourth-order valence-electron chi connectivity index (χ4n) is 4.05. The van der Waals surface area contributed by atoms with E-state index >= 15 is 0 Å². The number of halogens is 1. The number of ether oxygens (including phenoxy) is 1. The lowest BCUT2D eigenvalue weighted by atomic mass is 10.1. The molecule has 10 nitrogen and oxygen atoms in total. The molecule has 2 N–H and O–H groups in total. The number of benzene rings is 2. The number of aromatic nitrogens is 3. The molecule has 2 amide bonds. The average molecular weight is 527 g/mol. The van der Waals surface area contributed by atoms with Gasteiger partial charge in [-0.05, 0) is 62.2 Å². The summed E-state index contributed by atoms with van der Waals surface area (Å²) in [5, 5.41) is 5.66. The molecule has 1 atom stereocenters. The van der Waals surface area contributed by atoms with E-state index in [1.807, 2.05) is 11.8 Å². The third-order valence-electron chi connectivity index (χ3n) is 6.14. The number of carbonyl (C=O) groups is 1. The molecule has 37 heavy (non-hydrogen) atoms. The molecule has 2 aliphatic rings. The number of urea groups is 1. The maximum atomic E-state index is 14.3. The molecule has 2 fully saturated rings. The van der Waals surface area contributed by atoms with Crippen molar-refractivity contribution in [3.05, 3.63) is 48.3 Å². The predicted octanol–water partition coefficient (Wildman–Crippen LogP) is 3.26. The largest absolute Gasteiger partial charge is 0.377 e. The summed E-state index contributed by atoms with van der Waals surface area (Å²) < 4.78 is 44.7. The fourth-order valence-corrected chi connectivity index (χ4v) is 4.92. The van der Waals surface area contributed by atoms with Crippen LogP contribution < -0.4 is 15.5 Å². The minimum Gasteiger partial charge on any atom is -0.377 e. The second kappa shape index (κ2) is 10.0. The first-order chi connectivity index (χ1) is 17.7. The number of nitrogens with zero attached hydrogens (tertiary/aromatic N) is 4. The summed E-state index contributed by atoms with van der Waals surface area (Å²) in [4.78, 5) is 27.7. The summed E-state index contributed by atoms with van der Waals surface area (Å²) in [5.74, 6) is 0.0668. The molecule has 194 valence electrons. The normalized spacial score (nSPS) is 17.9. The van der Waals surface area contributed by atoms with E-state index in [1.165, 1.54) is 6.07 Å². The number of carbonyl (C=O) groups excluding carboxylic acids is 1. The zero-order chi connectivity index (χ0) is 26.2. The topological polar surface area (TPSA) is 126 Å². The van der Waals surface area contributed by atoms with Crippen LogP contribution in [0.25, 0.3) is 22.8 Å². The SMILES string of the molecule is CC1COCCN1c1nc(-c2ccc(NC(=O)NC3CC3)cc2)nc(-c2cc(F)ccc2S(C)(=O)=O)n1. The average Bonchev–Trinajstić information content (AvgIpc) is 3.67. The number of hydrogen-bond donors (Lipinski definition) is 2. The highest BCUT2D eigenvalue weighted by molar-refractivity contribution is 7.90. The number of hydrogen-bond acceptors (Lipinski definition) is 8. The Kier molecular flexibility index (Phi) is 6.78. The van der Waals surface area contributed by atoms with Gasteiger partial charge in [0.15, 0.2) is 21.5 Å². The molecule has 12 heteroatoms. The van der Waals surface area contributed by atoms with Gasteiger partial charge < -0.3 is 20.3 Å². The predicted molar refractivity (Wildman–Crippen MR) is 137 cm³/mol. The van der Waals surface area contributed by atoms with Crippen molar-refractivity contribution in [3.63, 3.8) is 0 Å². The standard InChI is InChI=1S/C25H27FN6O4S/c1-15-14-36-12-11-32(15)24-30-22(16-3-6-18(7-4-16)27-25(33)28-19-8-9-19)29-23(31-24)20-13-17(26)5-10-21(20)37(2,34)35/h3-7,10,13,15,19H,8-9,11-12,14H2,1-2H3,(H2,27,28,33). The Morgan fingerprint density at radius 1 is 1.08 bits per heavy atom. The third-order valence-corrected chi connectivity index (χ3v) is 7.30. The molecule has 1 aromatic heterocycles. The van der Waals surface area contributed by atoms with Gasteiger partial charge in [-0.15, -0.1) is 0 Å². The number of rotatable bonds is 6. The first-order valence-corrected chi connectivity index (χ1v) is 13.8. The van der Waals surface area contributed by atoms with Crippen LogP contribution >= 0.6 is 0 Å². The summed E-state index contributed by atoms with van der Waals surface area (Å²) in [6.07, 6.45) is 3.04. The maximum Gasteiger partial charge on any atom is 0.319 e. The lowest BCUT2D eigenvalue weighted by molar-refractivity contribution is 0.0981. The van der Waals surface area contributed by atoms with E-state index in [-0.39, 0.29) is 40.2 Å². The van der Waals surface area contributed by atoms with Crippen LogP contribution in [0.2, 0.25) is 0 Å². The van der Waals surface area contributed by atoms with Crippen LogP contribution in [0.5, 0.6) is 0 Å². The second-order valence-electron chi connectivity index (χ2n) is 9.26. The number of nitrogens with one attached hydrogen (secondary N) is 2. The van der Waals surface area contributed by atoms with Crippen LogP contribution in [-0.2, 0) is 14.6 Å². The first kappa shape index (κ1) is 25.0. The van der Waals surface area contributed by atoms with Gasteiger partial charge in [-0.1, -0.05) is 0 Å². The summed E-state index contributed by atoms with van der Waals surface area (Å²) in [7, 11) is -3.69. The van der Waals surface area contributed by atoms with Gasteiger partial charge in [-0.3, -0.25) is 0 Å². The van der Waals surface area contributed by atoms with E-state index < -0.39 is 15.7 Å². The van der Waals surface area contributed by atoms with Gasteiger partial charge in [-0.25, -0.2) is 22.6 Å². The fraction of sp³-hybridized carbons (Fsp3) is 0.360. The molecule has 1 saturated carbocycles. The van der Waals surface area contributed by atoms with Crippen LogP contribution in [0.1, 0.15) is 19.8 Å². The molecule has 1 unspecified atom stereocenters. The quantitative estimate of drug-likeness (QED) is 0.469. The molecule has 3 aromatic rings. The van der Waals surface area contributed by atoms with Crippen molar-refractivity contribution in [2.45, 2.75) is 36.7 Å². The number of morpholine rings is 1. The Balaban J connectivity index is 1.56. The van der Waals surface area contributed by atoms with Crippen LogP contribution in [0, 0.1) is 5.82 Å². The zero-order valence-electron chi connectivity index (χ0n) is 20.4. The maximum absolute atomic E-state index is 14.3. The summed E-state index contributed by atoms with van der Waals surface area (Å²) in [5.41, 5.74) is 1.28. The minimum atomic E-state index is -3.69. The lowest BCUT2D eigenvalue weighted by Crippen LogP contribution is -2.44. The molecule has 5 rings (SSSR count). The molecule has 2 heterocycles. The van der Waals surface area contributed by atoms with Crippen molar-refractivity contribution < 1.29 is 22.3 Å². The lowest BCUT2D eigenvalue weighted by Gasteiger charge is -2.33. The van der Waals surface area contributed by atoms with E-state index in [4.69, 9.17) is 4.74 Å². The summed E-state index contributed by atoms with van der Waals surface area (Å²) in [6, 6.07) is 10.3. The minimum absolute atomic E-state index is 0.0321. The summed E-state index contributed by atoms with van der Waals surface area (Å²) in [6.45, 7) is 3.47. The van der Waals surface area contributed by atoms with Crippen molar-refractivity contribution in [1.29, 1.82) is 0 Å². The van der Waals surface area contributed by atoms with Gasteiger partial charge in [0.25, 0.3) is 0 Å². The Morgan fingerprint density at radius 2 is 1.81 bits per heavy atom. The highest BCUT2D eigenvalue weighted by atomic mass is 32.2. The van der Waals surface area contributed by atoms with Gasteiger partial charge in [0.2, 0.25) is 5.95 Å². The highest BCUT2D eigenvalue weighted by Crippen LogP contribution is 2.30. The highest BCUT2D eigenvalue weighted by Gasteiger charge is 2.26. The zero-order valence-corrected chi connectivity index (χ0v) is 21.3. The van der Waals surface area contributed by atoms with Gasteiger partial charge >= 0.3 is 6.03 Å². The van der Waals surface area contributed by atoms with E-state index in [1.54, 1.807) is 24.3 Å². The van der Waals surface area contributed by atoms with Gasteiger partial charge in [0.05, 0.1) is 24.2 Å². The van der Waals surface area contributed by atoms with Crippen LogP contribution in [0.3, 0.4) is 0 Å². The van der Waals surface area contributed by atoms with Gasteiger partial charge in [0, 0.05) is 35.7 Å².